The molecular formula is C22H21F3N4O2. The lowest BCUT2D eigenvalue weighted by Crippen LogP contribution is -2.43. The van der Waals surface area contributed by atoms with Gasteiger partial charge in [0, 0.05) is 38.1 Å². The van der Waals surface area contributed by atoms with Crippen molar-refractivity contribution in [2.24, 2.45) is 7.05 Å². The maximum atomic E-state index is 13.3. The van der Waals surface area contributed by atoms with Crippen LogP contribution in [0.1, 0.15) is 39.2 Å². The molecule has 3 aromatic rings. The van der Waals surface area contributed by atoms with E-state index < -0.39 is 17.8 Å². The molecule has 0 N–H and O–H groups in total. The Morgan fingerprint density at radius 3 is 2.74 bits per heavy atom. The molecule has 0 spiro atoms. The molecular weight excluding hydrogens is 409 g/mol. The lowest BCUT2D eigenvalue weighted by molar-refractivity contribution is -0.138. The van der Waals surface area contributed by atoms with Gasteiger partial charge >= 0.3 is 6.18 Å². The number of hydrogen-bond donors (Lipinski definition) is 0. The average molecular weight is 430 g/mol. The van der Waals surface area contributed by atoms with Gasteiger partial charge in [-0.2, -0.15) is 13.2 Å². The summed E-state index contributed by atoms with van der Waals surface area (Å²) >= 11 is 0. The number of benzene rings is 1. The zero-order chi connectivity index (χ0) is 22.0. The Kier molecular flexibility index (Phi) is 5.77. The van der Waals surface area contributed by atoms with Crippen molar-refractivity contribution >= 4 is 5.91 Å². The molecule has 1 amide bonds. The van der Waals surface area contributed by atoms with Crippen LogP contribution < -0.4 is 0 Å². The summed E-state index contributed by atoms with van der Waals surface area (Å²) in [6.45, 7) is 1.06. The second-order valence-corrected chi connectivity index (χ2v) is 7.36. The van der Waals surface area contributed by atoms with Gasteiger partial charge in [-0.05, 0) is 23.8 Å². The number of aryl methyl sites for hydroxylation is 1. The molecule has 31 heavy (non-hydrogen) atoms. The fourth-order valence-electron chi connectivity index (χ4n) is 3.65. The Labute approximate surface area is 177 Å². The second kappa shape index (κ2) is 8.50. The first kappa shape index (κ1) is 21.0. The molecule has 9 heteroatoms. The van der Waals surface area contributed by atoms with Crippen molar-refractivity contribution in [3.05, 3.63) is 83.2 Å². The van der Waals surface area contributed by atoms with Crippen molar-refractivity contribution in [3.63, 3.8) is 0 Å². The Bertz CT molecular complexity index is 1080. The molecule has 1 unspecified atom stereocenters. The number of pyridine rings is 1. The second-order valence-electron chi connectivity index (χ2n) is 7.36. The summed E-state index contributed by atoms with van der Waals surface area (Å²) < 4.78 is 47.4. The monoisotopic (exact) mass is 430 g/mol. The number of carbonyl (C=O) groups is 1. The molecule has 4 rings (SSSR count). The fourth-order valence-corrected chi connectivity index (χ4v) is 3.65. The Morgan fingerprint density at radius 2 is 2.00 bits per heavy atom. The van der Waals surface area contributed by atoms with Crippen LogP contribution in [0.15, 0.2) is 54.9 Å². The number of alkyl halides is 3. The fraction of sp³-hybridized carbons (Fsp3) is 0.318. The number of hydrogen-bond acceptors (Lipinski definition) is 4. The number of amides is 1. The molecule has 1 saturated heterocycles. The summed E-state index contributed by atoms with van der Waals surface area (Å²) in [5, 5.41) is 0. The Hall–Kier alpha value is -3.20. The number of aromatic nitrogens is 3. The minimum atomic E-state index is -4.42. The molecule has 1 aliphatic rings. The first-order chi connectivity index (χ1) is 14.8. The van der Waals surface area contributed by atoms with E-state index in [2.05, 4.69) is 9.97 Å². The van der Waals surface area contributed by atoms with Crippen molar-refractivity contribution in [3.8, 4) is 0 Å². The SMILES string of the molecule is Cn1ccnc1C(=O)N1CCOC(c2cccc(Cc3ccccc3C(F)(F)F)n2)C1. The number of rotatable bonds is 4. The van der Waals surface area contributed by atoms with E-state index in [0.29, 0.717) is 36.9 Å². The predicted octanol–water partition coefficient (Wildman–Crippen LogP) is 3.64. The molecule has 1 aromatic carbocycles. The molecule has 6 nitrogen and oxygen atoms in total. The Morgan fingerprint density at radius 1 is 1.19 bits per heavy atom. The molecule has 1 fully saturated rings. The van der Waals surface area contributed by atoms with Crippen LogP contribution in [0.5, 0.6) is 0 Å². The van der Waals surface area contributed by atoms with Gasteiger partial charge in [0.2, 0.25) is 0 Å². The van der Waals surface area contributed by atoms with Crippen molar-refractivity contribution in [2.75, 3.05) is 19.7 Å². The summed E-state index contributed by atoms with van der Waals surface area (Å²) in [7, 11) is 1.75. The van der Waals surface area contributed by atoms with Crippen molar-refractivity contribution in [1.29, 1.82) is 0 Å². The van der Waals surface area contributed by atoms with Crippen molar-refractivity contribution in [1.82, 2.24) is 19.4 Å². The summed E-state index contributed by atoms with van der Waals surface area (Å²) in [5.74, 6) is 0.141. The first-order valence-corrected chi connectivity index (χ1v) is 9.82. The summed E-state index contributed by atoms with van der Waals surface area (Å²) in [6.07, 6.45) is -1.57. The number of morpholine rings is 1. The van der Waals surface area contributed by atoms with Gasteiger partial charge in [-0.15, -0.1) is 0 Å². The van der Waals surface area contributed by atoms with Gasteiger partial charge < -0.3 is 14.2 Å². The van der Waals surface area contributed by atoms with Gasteiger partial charge in [-0.1, -0.05) is 24.3 Å². The molecule has 1 atom stereocenters. The minimum absolute atomic E-state index is 0.0478. The zero-order valence-corrected chi connectivity index (χ0v) is 16.8. The average Bonchev–Trinajstić information content (AvgIpc) is 3.19. The van der Waals surface area contributed by atoms with Gasteiger partial charge in [0.1, 0.15) is 6.10 Å². The quantitative estimate of drug-likeness (QED) is 0.634. The third-order valence-corrected chi connectivity index (χ3v) is 5.22. The molecule has 3 heterocycles. The van der Waals surface area contributed by atoms with Crippen molar-refractivity contribution < 1.29 is 22.7 Å². The molecule has 0 bridgehead atoms. The van der Waals surface area contributed by atoms with E-state index >= 15 is 0 Å². The summed E-state index contributed by atoms with van der Waals surface area (Å²) in [5.41, 5.74) is 0.587. The van der Waals surface area contributed by atoms with E-state index in [1.54, 1.807) is 53.2 Å². The number of nitrogens with zero attached hydrogens (tertiary/aromatic N) is 4. The highest BCUT2D eigenvalue weighted by Crippen LogP contribution is 2.33. The highest BCUT2D eigenvalue weighted by atomic mass is 19.4. The third kappa shape index (κ3) is 4.61. The zero-order valence-electron chi connectivity index (χ0n) is 16.8. The van der Waals surface area contributed by atoms with Crippen LogP contribution in [0.2, 0.25) is 0 Å². The van der Waals surface area contributed by atoms with Crippen LogP contribution in [-0.2, 0) is 24.4 Å². The molecule has 0 radical (unpaired) electrons. The van der Waals surface area contributed by atoms with Crippen LogP contribution >= 0.6 is 0 Å². The molecule has 162 valence electrons. The van der Waals surface area contributed by atoms with Crippen LogP contribution in [-0.4, -0.2) is 45.0 Å². The standard InChI is InChI=1S/C22H21F3N4O2/c1-28-10-9-26-20(28)21(30)29-11-12-31-19(14-29)18-8-4-6-16(27-18)13-15-5-2-3-7-17(15)22(23,24)25/h2-10,19H,11-14H2,1H3. The van der Waals surface area contributed by atoms with Gasteiger partial charge in [0.25, 0.3) is 5.91 Å². The van der Waals surface area contributed by atoms with Gasteiger partial charge in [-0.25, -0.2) is 4.98 Å². The van der Waals surface area contributed by atoms with E-state index in [0.717, 1.165) is 6.07 Å². The summed E-state index contributed by atoms with van der Waals surface area (Å²) in [4.78, 5) is 23.1. The van der Waals surface area contributed by atoms with Crippen LogP contribution in [0.25, 0.3) is 0 Å². The van der Waals surface area contributed by atoms with Gasteiger partial charge in [-0.3, -0.25) is 9.78 Å². The topological polar surface area (TPSA) is 60.2 Å². The van der Waals surface area contributed by atoms with Gasteiger partial charge in [0.05, 0.1) is 24.4 Å². The van der Waals surface area contributed by atoms with E-state index in [1.807, 2.05) is 0 Å². The molecule has 2 aromatic heterocycles. The van der Waals surface area contributed by atoms with Gasteiger partial charge in [0.15, 0.2) is 5.82 Å². The lowest BCUT2D eigenvalue weighted by atomic mass is 10.0. The lowest BCUT2D eigenvalue weighted by Gasteiger charge is -2.32. The van der Waals surface area contributed by atoms with E-state index in [1.165, 1.54) is 12.1 Å². The maximum Gasteiger partial charge on any atom is 0.416 e. The minimum Gasteiger partial charge on any atom is -0.368 e. The van der Waals surface area contributed by atoms with E-state index in [4.69, 9.17) is 4.74 Å². The highest BCUT2D eigenvalue weighted by molar-refractivity contribution is 5.90. The van der Waals surface area contributed by atoms with Crippen LogP contribution in [0.4, 0.5) is 13.2 Å². The smallest absolute Gasteiger partial charge is 0.368 e. The van der Waals surface area contributed by atoms with Crippen molar-refractivity contribution in [2.45, 2.75) is 18.7 Å². The predicted molar refractivity (Wildman–Crippen MR) is 106 cm³/mol. The van der Waals surface area contributed by atoms with E-state index in [9.17, 15) is 18.0 Å². The normalized spacial score (nSPS) is 17.0. The van der Waals surface area contributed by atoms with E-state index in [-0.39, 0.29) is 17.9 Å². The Balaban J connectivity index is 1.52. The summed E-state index contributed by atoms with van der Waals surface area (Å²) in [6, 6.07) is 10.7. The van der Waals surface area contributed by atoms with Crippen LogP contribution in [0, 0.1) is 0 Å². The largest absolute Gasteiger partial charge is 0.416 e. The maximum absolute atomic E-state index is 13.3. The third-order valence-electron chi connectivity index (χ3n) is 5.22. The molecule has 0 saturated carbocycles. The first-order valence-electron chi connectivity index (χ1n) is 9.82. The van der Waals surface area contributed by atoms with Crippen LogP contribution in [0.3, 0.4) is 0 Å². The number of ether oxygens (including phenoxy) is 1. The highest BCUT2D eigenvalue weighted by Gasteiger charge is 2.33. The number of halogens is 3. The molecule has 0 aliphatic carbocycles. The number of imidazole rings is 1. The molecule has 1 aliphatic heterocycles. The number of carbonyl (C=O) groups excluding carboxylic acids is 1.